The largest absolute Gasteiger partial charge is 0.348 e. The quantitative estimate of drug-likeness (QED) is 0.774. The first-order valence-corrected chi connectivity index (χ1v) is 9.44. The molecule has 0 radical (unpaired) electrons. The first-order chi connectivity index (χ1) is 13.0. The molecule has 2 N–H and O–H groups in total. The van der Waals surface area contributed by atoms with E-state index >= 15 is 0 Å². The molecule has 152 valence electrons. The number of nitrogens with zero attached hydrogens (tertiary/aromatic N) is 2. The van der Waals surface area contributed by atoms with E-state index in [0.717, 1.165) is 30.8 Å². The van der Waals surface area contributed by atoms with Gasteiger partial charge in [0.1, 0.15) is 5.82 Å². The van der Waals surface area contributed by atoms with Crippen LogP contribution in [0.1, 0.15) is 37.1 Å². The van der Waals surface area contributed by atoms with E-state index in [1.54, 1.807) is 18.3 Å². The molecule has 1 aromatic heterocycles. The summed E-state index contributed by atoms with van der Waals surface area (Å²) in [7, 11) is 0. The predicted octanol–water partition coefficient (Wildman–Crippen LogP) is 3.10. The van der Waals surface area contributed by atoms with E-state index in [-0.39, 0.29) is 42.1 Å². The van der Waals surface area contributed by atoms with Crippen molar-refractivity contribution in [2.75, 3.05) is 26.2 Å². The third-order valence-corrected chi connectivity index (χ3v) is 4.98. The summed E-state index contributed by atoms with van der Waals surface area (Å²) in [5.74, 6) is -0.0851. The number of amides is 1. The highest BCUT2D eigenvalue weighted by atomic mass is 35.5. The molecule has 0 bridgehead atoms. The Morgan fingerprint density at radius 1 is 1.32 bits per heavy atom. The van der Waals surface area contributed by atoms with Crippen molar-refractivity contribution < 1.29 is 9.18 Å². The maximum atomic E-state index is 13.2. The molecule has 0 saturated carbocycles. The van der Waals surface area contributed by atoms with Gasteiger partial charge in [-0.15, -0.1) is 12.4 Å². The first kappa shape index (κ1) is 22.3. The molecule has 7 heteroatoms. The molecule has 5 nitrogen and oxygen atoms in total. The number of piperazine rings is 1. The summed E-state index contributed by atoms with van der Waals surface area (Å²) in [5, 5.41) is 6.52. The highest BCUT2D eigenvalue weighted by Gasteiger charge is 2.27. The van der Waals surface area contributed by atoms with Crippen molar-refractivity contribution in [3.8, 4) is 0 Å². The summed E-state index contributed by atoms with van der Waals surface area (Å²) < 4.78 is 13.2. The predicted molar refractivity (Wildman–Crippen MR) is 111 cm³/mol. The van der Waals surface area contributed by atoms with Crippen LogP contribution in [0.5, 0.6) is 0 Å². The van der Waals surface area contributed by atoms with E-state index in [9.17, 15) is 9.18 Å². The Hall–Kier alpha value is -2.02. The van der Waals surface area contributed by atoms with Crippen LogP contribution in [-0.2, 0) is 4.79 Å². The molecule has 2 heterocycles. The highest BCUT2D eigenvalue weighted by molar-refractivity contribution is 5.85. The number of hydrogen-bond acceptors (Lipinski definition) is 4. The van der Waals surface area contributed by atoms with Crippen molar-refractivity contribution in [1.29, 1.82) is 0 Å². The Labute approximate surface area is 172 Å². The number of halogens is 2. The Bertz CT molecular complexity index is 742. The van der Waals surface area contributed by atoms with Crippen LogP contribution >= 0.6 is 12.4 Å². The second-order valence-corrected chi connectivity index (χ2v) is 7.32. The maximum absolute atomic E-state index is 13.2. The van der Waals surface area contributed by atoms with Crippen LogP contribution < -0.4 is 10.6 Å². The molecule has 0 spiro atoms. The summed E-state index contributed by atoms with van der Waals surface area (Å²) in [6.45, 7) is 6.89. The molecule has 1 aliphatic heterocycles. The average Bonchev–Trinajstić information content (AvgIpc) is 2.68. The smallest absolute Gasteiger partial charge is 0.234 e. The number of pyridine rings is 1. The second kappa shape index (κ2) is 10.5. The summed E-state index contributed by atoms with van der Waals surface area (Å²) >= 11 is 0. The van der Waals surface area contributed by atoms with E-state index in [4.69, 9.17) is 0 Å². The van der Waals surface area contributed by atoms with Gasteiger partial charge in [-0.3, -0.25) is 14.7 Å². The molecule has 0 aliphatic carbocycles. The number of nitrogens with one attached hydrogen (secondary N) is 2. The van der Waals surface area contributed by atoms with Gasteiger partial charge >= 0.3 is 0 Å². The van der Waals surface area contributed by atoms with Gasteiger partial charge in [-0.1, -0.05) is 32.0 Å². The van der Waals surface area contributed by atoms with Gasteiger partial charge in [0.25, 0.3) is 0 Å². The Morgan fingerprint density at radius 3 is 2.71 bits per heavy atom. The second-order valence-electron chi connectivity index (χ2n) is 7.32. The Kier molecular flexibility index (Phi) is 8.35. The van der Waals surface area contributed by atoms with Crippen molar-refractivity contribution >= 4 is 18.3 Å². The average molecular weight is 407 g/mol. The molecule has 1 aromatic carbocycles. The number of rotatable bonds is 6. The lowest BCUT2D eigenvalue weighted by molar-refractivity contribution is -0.124. The molecule has 3 rings (SSSR count). The lowest BCUT2D eigenvalue weighted by atomic mass is 9.96. The summed E-state index contributed by atoms with van der Waals surface area (Å²) in [5.41, 5.74) is 2.03. The molecule has 1 fully saturated rings. The molecule has 2 unspecified atom stereocenters. The Morgan fingerprint density at radius 2 is 2.07 bits per heavy atom. The lowest BCUT2D eigenvalue weighted by Gasteiger charge is -2.36. The van der Waals surface area contributed by atoms with E-state index in [0.29, 0.717) is 6.54 Å². The van der Waals surface area contributed by atoms with Gasteiger partial charge in [-0.05, 0) is 35.2 Å². The number of hydrogen-bond donors (Lipinski definition) is 2. The van der Waals surface area contributed by atoms with Crippen LogP contribution in [0.2, 0.25) is 0 Å². The standard InChI is InChI=1S/C21H27FN4O.ClH/c1-15(2)21(16-5-7-18(22)8-6-16)25-20(27)14-26-11-10-24-13-19(26)17-4-3-9-23-12-17;/h3-9,12,15,19,21,24H,10-11,13-14H2,1-2H3,(H,25,27);1H. The molecule has 2 atom stereocenters. The number of carbonyl (C=O) groups excluding carboxylic acids is 1. The van der Waals surface area contributed by atoms with E-state index in [1.165, 1.54) is 12.1 Å². The maximum Gasteiger partial charge on any atom is 0.234 e. The summed E-state index contributed by atoms with van der Waals surface area (Å²) in [6, 6.07) is 10.3. The minimum Gasteiger partial charge on any atom is -0.348 e. The number of benzene rings is 1. The molecule has 1 saturated heterocycles. The van der Waals surface area contributed by atoms with Crippen molar-refractivity contribution in [1.82, 2.24) is 20.5 Å². The van der Waals surface area contributed by atoms with Gasteiger partial charge in [0, 0.05) is 38.1 Å². The fourth-order valence-electron chi connectivity index (χ4n) is 3.55. The summed E-state index contributed by atoms with van der Waals surface area (Å²) in [6.07, 6.45) is 3.62. The normalized spacial score (nSPS) is 18.4. The van der Waals surface area contributed by atoms with Crippen molar-refractivity contribution in [2.45, 2.75) is 25.9 Å². The van der Waals surface area contributed by atoms with E-state index in [2.05, 4.69) is 34.4 Å². The lowest BCUT2D eigenvalue weighted by Crippen LogP contribution is -2.50. The molecular weight excluding hydrogens is 379 g/mol. The van der Waals surface area contributed by atoms with Crippen LogP contribution in [0, 0.1) is 11.7 Å². The van der Waals surface area contributed by atoms with Crippen molar-refractivity contribution in [2.24, 2.45) is 5.92 Å². The monoisotopic (exact) mass is 406 g/mol. The fraction of sp³-hybridized carbons (Fsp3) is 0.429. The van der Waals surface area contributed by atoms with Gasteiger partial charge in [0.05, 0.1) is 12.6 Å². The van der Waals surface area contributed by atoms with Crippen LogP contribution in [0.3, 0.4) is 0 Å². The zero-order chi connectivity index (χ0) is 19.2. The zero-order valence-corrected chi connectivity index (χ0v) is 17.1. The zero-order valence-electron chi connectivity index (χ0n) is 16.3. The van der Waals surface area contributed by atoms with E-state index < -0.39 is 0 Å². The third kappa shape index (κ3) is 5.74. The molecule has 2 aromatic rings. The van der Waals surface area contributed by atoms with Crippen LogP contribution in [0.25, 0.3) is 0 Å². The summed E-state index contributed by atoms with van der Waals surface area (Å²) in [4.78, 5) is 19.2. The fourth-order valence-corrected chi connectivity index (χ4v) is 3.55. The molecule has 28 heavy (non-hydrogen) atoms. The number of carbonyl (C=O) groups is 1. The van der Waals surface area contributed by atoms with Gasteiger partial charge in [-0.25, -0.2) is 4.39 Å². The van der Waals surface area contributed by atoms with Crippen molar-refractivity contribution in [3.05, 3.63) is 65.7 Å². The van der Waals surface area contributed by atoms with Gasteiger partial charge in [0.15, 0.2) is 0 Å². The first-order valence-electron chi connectivity index (χ1n) is 9.44. The minimum atomic E-state index is -0.271. The van der Waals surface area contributed by atoms with Gasteiger partial charge in [0.2, 0.25) is 5.91 Å². The van der Waals surface area contributed by atoms with Crippen LogP contribution in [0.15, 0.2) is 48.8 Å². The number of aromatic nitrogens is 1. The molecule has 1 amide bonds. The Balaban J connectivity index is 0.00000280. The SMILES string of the molecule is CC(C)C(NC(=O)CN1CCNCC1c1cccnc1)c1ccc(F)cc1.Cl. The van der Waals surface area contributed by atoms with Crippen LogP contribution in [0.4, 0.5) is 4.39 Å². The topological polar surface area (TPSA) is 57.3 Å². The van der Waals surface area contributed by atoms with Gasteiger partial charge < -0.3 is 10.6 Å². The van der Waals surface area contributed by atoms with Gasteiger partial charge in [-0.2, -0.15) is 0 Å². The van der Waals surface area contributed by atoms with Crippen LogP contribution in [-0.4, -0.2) is 42.0 Å². The highest BCUT2D eigenvalue weighted by Crippen LogP contribution is 2.23. The minimum absolute atomic E-state index is 0. The molecular formula is C21H28ClFN4O. The molecule has 1 aliphatic rings. The van der Waals surface area contributed by atoms with E-state index in [1.807, 2.05) is 18.3 Å². The third-order valence-electron chi connectivity index (χ3n) is 4.98. The van der Waals surface area contributed by atoms with Crippen molar-refractivity contribution in [3.63, 3.8) is 0 Å².